The van der Waals surface area contributed by atoms with Crippen LogP contribution in [-0.4, -0.2) is 59.8 Å². The Morgan fingerprint density at radius 1 is 1.25 bits per heavy atom. The number of thiazole rings is 1. The van der Waals surface area contributed by atoms with Gasteiger partial charge in [0.2, 0.25) is 5.91 Å². The quantitative estimate of drug-likeness (QED) is 0.701. The molecule has 0 aliphatic carbocycles. The van der Waals surface area contributed by atoms with Crippen LogP contribution in [0.3, 0.4) is 0 Å². The van der Waals surface area contributed by atoms with Gasteiger partial charge in [-0.3, -0.25) is 4.79 Å². The lowest BCUT2D eigenvalue weighted by molar-refractivity contribution is -0.134. The average molecular weight is 398 g/mol. The van der Waals surface area contributed by atoms with E-state index in [-0.39, 0.29) is 5.91 Å². The molecule has 1 aromatic carbocycles. The van der Waals surface area contributed by atoms with E-state index in [4.69, 9.17) is 0 Å². The highest BCUT2D eigenvalue weighted by atomic mass is 32.1. The fourth-order valence-electron chi connectivity index (χ4n) is 3.45. The number of hydrogen-bond donors (Lipinski definition) is 1. The van der Waals surface area contributed by atoms with Crippen molar-refractivity contribution in [1.82, 2.24) is 30.1 Å². The van der Waals surface area contributed by atoms with Gasteiger partial charge in [-0.25, -0.2) is 9.67 Å². The normalized spacial score (nSPS) is 16.3. The number of rotatable bonds is 5. The zero-order valence-electron chi connectivity index (χ0n) is 15.7. The first kappa shape index (κ1) is 18.7. The molecule has 1 aliphatic rings. The molecule has 0 bridgehead atoms. The summed E-state index contributed by atoms with van der Waals surface area (Å²) in [4.78, 5) is 18.9. The second kappa shape index (κ2) is 7.76. The van der Waals surface area contributed by atoms with Crippen LogP contribution in [0.1, 0.15) is 29.1 Å². The molecule has 2 aromatic heterocycles. The minimum Gasteiger partial charge on any atom is -0.389 e. The fraction of sp³-hybridized carbons (Fsp3) is 0.421. The molecule has 0 spiro atoms. The van der Waals surface area contributed by atoms with Gasteiger partial charge in [0.15, 0.2) is 0 Å². The predicted molar refractivity (Wildman–Crippen MR) is 104 cm³/mol. The third kappa shape index (κ3) is 4.26. The lowest BCUT2D eigenvalue weighted by Gasteiger charge is -2.38. The number of aryl methyl sites for hydroxylation is 1. The van der Waals surface area contributed by atoms with Crippen molar-refractivity contribution in [3.05, 3.63) is 52.2 Å². The zero-order chi connectivity index (χ0) is 19.6. The van der Waals surface area contributed by atoms with Crippen molar-refractivity contribution in [2.75, 3.05) is 13.1 Å². The second-order valence-electron chi connectivity index (χ2n) is 7.26. The van der Waals surface area contributed by atoms with Gasteiger partial charge >= 0.3 is 0 Å². The molecule has 1 amide bonds. The fourth-order valence-corrected chi connectivity index (χ4v) is 4.36. The van der Waals surface area contributed by atoms with E-state index in [1.807, 2.05) is 41.5 Å². The molecule has 3 aromatic rings. The lowest BCUT2D eigenvalue weighted by atomic mass is 9.88. The number of likely N-dealkylation sites (tertiary alicyclic amines) is 1. The van der Waals surface area contributed by atoms with Crippen LogP contribution < -0.4 is 0 Å². The molecule has 9 heteroatoms. The van der Waals surface area contributed by atoms with Gasteiger partial charge in [-0.2, -0.15) is 0 Å². The van der Waals surface area contributed by atoms with Gasteiger partial charge in [0, 0.05) is 30.6 Å². The van der Waals surface area contributed by atoms with E-state index < -0.39 is 5.60 Å². The Bertz CT molecular complexity index is 930. The summed E-state index contributed by atoms with van der Waals surface area (Å²) in [5, 5.41) is 24.9. The molecule has 1 saturated heterocycles. The standard InChI is InChI=1S/C19H22N6O2S/c1-14-12-28-17(21-14)11-19(27)6-8-24(9-7-19)18(26)10-15-2-4-16(5-3-15)25-13-20-22-23-25/h2-5,12-13,27H,6-11H2,1H3. The summed E-state index contributed by atoms with van der Waals surface area (Å²) in [5.74, 6) is 0.0855. The Kier molecular flexibility index (Phi) is 5.19. The van der Waals surface area contributed by atoms with E-state index in [2.05, 4.69) is 20.5 Å². The van der Waals surface area contributed by atoms with Crippen LogP contribution in [0.5, 0.6) is 0 Å². The maximum atomic E-state index is 12.7. The number of carbonyl (C=O) groups excluding carboxylic acids is 1. The SMILES string of the molecule is Cc1csc(CC2(O)CCN(C(=O)Cc3ccc(-n4cnnn4)cc3)CC2)n1. The maximum absolute atomic E-state index is 12.7. The number of amides is 1. The zero-order valence-corrected chi connectivity index (χ0v) is 16.5. The van der Waals surface area contributed by atoms with E-state index in [0.717, 1.165) is 22.0 Å². The number of benzene rings is 1. The third-order valence-electron chi connectivity index (χ3n) is 5.10. The Morgan fingerprint density at radius 2 is 2.00 bits per heavy atom. The minimum atomic E-state index is -0.769. The van der Waals surface area contributed by atoms with Crippen LogP contribution in [0, 0.1) is 6.92 Å². The molecule has 0 saturated carbocycles. The summed E-state index contributed by atoms with van der Waals surface area (Å²) in [6.07, 6.45) is 3.60. The number of carbonyl (C=O) groups is 1. The lowest BCUT2D eigenvalue weighted by Crippen LogP contribution is -2.48. The molecule has 1 aliphatic heterocycles. The minimum absolute atomic E-state index is 0.0855. The van der Waals surface area contributed by atoms with Gasteiger partial charge in [-0.1, -0.05) is 12.1 Å². The van der Waals surface area contributed by atoms with Gasteiger partial charge in [-0.05, 0) is 47.9 Å². The van der Waals surface area contributed by atoms with Crippen molar-refractivity contribution >= 4 is 17.2 Å². The summed E-state index contributed by atoms with van der Waals surface area (Å²) in [6.45, 7) is 3.10. The first-order chi connectivity index (χ1) is 13.5. The molecule has 0 atom stereocenters. The van der Waals surface area contributed by atoms with Gasteiger partial charge in [-0.15, -0.1) is 16.4 Å². The monoisotopic (exact) mass is 398 g/mol. The highest BCUT2D eigenvalue weighted by Gasteiger charge is 2.34. The van der Waals surface area contributed by atoms with Crippen LogP contribution in [0.4, 0.5) is 0 Å². The van der Waals surface area contributed by atoms with Gasteiger partial charge in [0.05, 0.1) is 22.7 Å². The van der Waals surface area contributed by atoms with Crippen LogP contribution in [0.2, 0.25) is 0 Å². The summed E-state index contributed by atoms with van der Waals surface area (Å²) in [6, 6.07) is 7.62. The highest BCUT2D eigenvalue weighted by Crippen LogP contribution is 2.28. The Hall–Kier alpha value is -2.65. The van der Waals surface area contributed by atoms with Crippen molar-refractivity contribution in [1.29, 1.82) is 0 Å². The third-order valence-corrected chi connectivity index (χ3v) is 6.07. The summed E-state index contributed by atoms with van der Waals surface area (Å²) in [7, 11) is 0. The van der Waals surface area contributed by atoms with Gasteiger partial charge in [0.1, 0.15) is 6.33 Å². The van der Waals surface area contributed by atoms with Crippen LogP contribution in [0.15, 0.2) is 36.0 Å². The van der Waals surface area contributed by atoms with E-state index in [1.165, 1.54) is 6.33 Å². The largest absolute Gasteiger partial charge is 0.389 e. The van der Waals surface area contributed by atoms with Crippen molar-refractivity contribution in [3.63, 3.8) is 0 Å². The van der Waals surface area contributed by atoms with E-state index >= 15 is 0 Å². The number of hydrogen-bond acceptors (Lipinski definition) is 7. The summed E-state index contributed by atoms with van der Waals surface area (Å²) >= 11 is 1.59. The van der Waals surface area contributed by atoms with Crippen molar-refractivity contribution in [3.8, 4) is 5.69 Å². The number of tetrazole rings is 1. The molecular weight excluding hydrogens is 376 g/mol. The molecule has 1 N–H and O–H groups in total. The van der Waals surface area contributed by atoms with Crippen LogP contribution >= 0.6 is 11.3 Å². The van der Waals surface area contributed by atoms with Crippen LogP contribution in [-0.2, 0) is 17.6 Å². The average Bonchev–Trinajstić information content (AvgIpc) is 3.35. The van der Waals surface area contributed by atoms with Crippen molar-refractivity contribution in [2.24, 2.45) is 0 Å². The van der Waals surface area contributed by atoms with Crippen molar-refractivity contribution in [2.45, 2.75) is 38.2 Å². The Balaban J connectivity index is 1.31. The number of aliphatic hydroxyl groups is 1. The molecule has 28 heavy (non-hydrogen) atoms. The molecule has 0 unspecified atom stereocenters. The predicted octanol–water partition coefficient (Wildman–Crippen LogP) is 1.57. The summed E-state index contributed by atoms with van der Waals surface area (Å²) in [5.41, 5.74) is 2.01. The van der Waals surface area contributed by atoms with E-state index in [9.17, 15) is 9.90 Å². The molecule has 1 fully saturated rings. The summed E-state index contributed by atoms with van der Waals surface area (Å²) < 4.78 is 1.57. The Morgan fingerprint density at radius 3 is 2.61 bits per heavy atom. The highest BCUT2D eigenvalue weighted by molar-refractivity contribution is 7.09. The molecule has 4 rings (SSSR count). The van der Waals surface area contributed by atoms with E-state index in [0.29, 0.717) is 38.8 Å². The van der Waals surface area contributed by atoms with Crippen molar-refractivity contribution < 1.29 is 9.90 Å². The topological polar surface area (TPSA) is 97.0 Å². The molecule has 8 nitrogen and oxygen atoms in total. The van der Waals surface area contributed by atoms with Gasteiger partial charge < -0.3 is 10.0 Å². The number of nitrogens with zero attached hydrogens (tertiary/aromatic N) is 6. The number of aromatic nitrogens is 5. The number of piperidine rings is 1. The van der Waals surface area contributed by atoms with Gasteiger partial charge in [0.25, 0.3) is 0 Å². The second-order valence-corrected chi connectivity index (χ2v) is 8.20. The Labute approximate surface area is 166 Å². The first-order valence-corrected chi connectivity index (χ1v) is 10.1. The maximum Gasteiger partial charge on any atom is 0.226 e. The smallest absolute Gasteiger partial charge is 0.226 e. The first-order valence-electron chi connectivity index (χ1n) is 9.24. The van der Waals surface area contributed by atoms with E-state index in [1.54, 1.807) is 16.0 Å². The van der Waals surface area contributed by atoms with Crippen LogP contribution in [0.25, 0.3) is 5.69 Å². The molecule has 3 heterocycles. The molecular formula is C19H22N6O2S. The molecule has 0 radical (unpaired) electrons. The molecule has 146 valence electrons.